The number of halogens is 9. The second kappa shape index (κ2) is 16.6. The normalized spacial score (nSPS) is 20.4. The number of rotatable bonds is 11. The number of phenols is 1. The minimum Gasteiger partial charge on any atom is -0.503 e. The Morgan fingerprint density at radius 1 is 0.688 bits per heavy atom. The first kappa shape index (κ1) is 39.7. The number of carboxylic acid groups (broad SMARTS) is 3. The van der Waals surface area contributed by atoms with E-state index in [1.807, 2.05) is 0 Å². The summed E-state index contributed by atoms with van der Waals surface area (Å²) in [5.74, 6) is -30.0. The van der Waals surface area contributed by atoms with Crippen molar-refractivity contribution in [1.29, 1.82) is 0 Å². The first-order valence-electron chi connectivity index (χ1n) is 12.9. The quantitative estimate of drug-likeness (QED) is 0.0969. The van der Waals surface area contributed by atoms with Crippen LogP contribution in [0, 0.1) is 64.3 Å². The van der Waals surface area contributed by atoms with E-state index in [4.69, 9.17) is 31.3 Å². The molecule has 1 aliphatic heterocycles. The number of phenolic OH excluding ortho intramolecular Hbond substituents is 1. The lowest BCUT2D eigenvalue weighted by Crippen LogP contribution is -2.54. The van der Waals surface area contributed by atoms with Gasteiger partial charge in [-0.25, -0.2) is 22.4 Å². The van der Waals surface area contributed by atoms with Crippen molar-refractivity contribution < 1.29 is 94.0 Å². The number of carboxylic acids is 3. The van der Waals surface area contributed by atoms with Crippen molar-refractivity contribution >= 4 is 35.5 Å². The molecule has 1 saturated heterocycles. The summed E-state index contributed by atoms with van der Waals surface area (Å²) in [5.41, 5.74) is -2.30. The molecular formula is C27H23ClF8O12. The van der Waals surface area contributed by atoms with E-state index in [2.05, 4.69) is 4.74 Å². The number of ether oxygens (including phenoxy) is 3. The summed E-state index contributed by atoms with van der Waals surface area (Å²) in [7, 11) is 0.868. The summed E-state index contributed by atoms with van der Waals surface area (Å²) < 4.78 is 122. The van der Waals surface area contributed by atoms with Crippen LogP contribution in [0.15, 0.2) is 0 Å². The molecule has 0 amide bonds. The highest BCUT2D eigenvalue weighted by Gasteiger charge is 2.52. The van der Waals surface area contributed by atoms with Crippen LogP contribution in [0.3, 0.4) is 0 Å². The fourth-order valence-electron chi connectivity index (χ4n) is 4.76. The predicted molar refractivity (Wildman–Crippen MR) is 138 cm³/mol. The highest BCUT2D eigenvalue weighted by Crippen LogP contribution is 2.43. The lowest BCUT2D eigenvalue weighted by molar-refractivity contribution is -0.234. The van der Waals surface area contributed by atoms with E-state index in [0.717, 1.165) is 7.11 Å². The molecule has 48 heavy (non-hydrogen) atoms. The van der Waals surface area contributed by atoms with Gasteiger partial charge >= 0.3 is 23.9 Å². The average Bonchev–Trinajstić information content (AvgIpc) is 3.02. The zero-order valence-corrected chi connectivity index (χ0v) is 24.7. The Bertz CT molecular complexity index is 1520. The second-order valence-corrected chi connectivity index (χ2v) is 10.1. The van der Waals surface area contributed by atoms with Crippen molar-refractivity contribution in [3.63, 3.8) is 0 Å². The lowest BCUT2D eigenvalue weighted by atomic mass is 9.71. The monoisotopic (exact) mass is 726 g/mol. The highest BCUT2D eigenvalue weighted by molar-refractivity contribution is 6.17. The summed E-state index contributed by atoms with van der Waals surface area (Å²) in [6, 6.07) is 0. The van der Waals surface area contributed by atoms with Gasteiger partial charge in [-0.05, 0) is 5.92 Å². The van der Waals surface area contributed by atoms with Crippen molar-refractivity contribution in [3.05, 3.63) is 57.7 Å². The molecule has 266 valence electrons. The largest absolute Gasteiger partial charge is 0.503 e. The molecule has 2 aromatic carbocycles. The van der Waals surface area contributed by atoms with E-state index < -0.39 is 155 Å². The standard InChI is InChI=1S/C20H20F4O11.C7H3ClF4O/c1-33-19(32)17-7(3-11(28)29)6(2-10(26)27)8(4-12(30)31)20(34-17)35-18-15(23)13(21)9(5-25)14(22)16(18)24;8-1-2-3(9)5(11)7(13)6(12)4(2)10/h6-8,17,20,25H,2-5H2,1H3,(H,26,27)(H,28,29)(H,30,31);13H,1H2/t6-,7-,8+,17-,20-;/m0./s1. The van der Waals surface area contributed by atoms with E-state index in [1.54, 1.807) is 0 Å². The number of aromatic hydroxyl groups is 1. The number of aliphatic hydroxyl groups excluding tert-OH is 1. The molecule has 2 aromatic rings. The predicted octanol–water partition coefficient (Wildman–Crippen LogP) is 3.97. The van der Waals surface area contributed by atoms with Crippen LogP contribution in [0.1, 0.15) is 30.4 Å². The number of carbonyl (C=O) groups excluding carboxylic acids is 1. The van der Waals surface area contributed by atoms with Crippen LogP contribution >= 0.6 is 11.6 Å². The van der Waals surface area contributed by atoms with Gasteiger partial charge in [-0.2, -0.15) is 17.6 Å². The molecule has 5 atom stereocenters. The third kappa shape index (κ3) is 8.53. The van der Waals surface area contributed by atoms with Crippen LogP contribution < -0.4 is 4.74 Å². The van der Waals surface area contributed by atoms with E-state index in [-0.39, 0.29) is 0 Å². The molecule has 0 radical (unpaired) electrons. The Balaban J connectivity index is 0.000000513. The third-order valence-electron chi connectivity index (χ3n) is 6.95. The Kier molecular flexibility index (Phi) is 13.7. The van der Waals surface area contributed by atoms with Crippen LogP contribution in [0.25, 0.3) is 0 Å². The lowest BCUT2D eigenvalue weighted by Gasteiger charge is -2.44. The van der Waals surface area contributed by atoms with Crippen LogP contribution in [0.2, 0.25) is 0 Å². The molecule has 0 spiro atoms. The van der Waals surface area contributed by atoms with Gasteiger partial charge in [-0.1, -0.05) is 0 Å². The first-order valence-corrected chi connectivity index (χ1v) is 13.5. The zero-order chi connectivity index (χ0) is 36.8. The third-order valence-corrected chi connectivity index (χ3v) is 7.22. The Labute approximate surface area is 268 Å². The molecule has 3 rings (SSSR count). The number of hydrogen-bond donors (Lipinski definition) is 5. The fraction of sp³-hybridized carbons (Fsp3) is 0.407. The Morgan fingerprint density at radius 2 is 1.10 bits per heavy atom. The summed E-state index contributed by atoms with van der Waals surface area (Å²) in [6.45, 7) is -1.42. The van der Waals surface area contributed by atoms with E-state index in [9.17, 15) is 69.6 Å². The van der Waals surface area contributed by atoms with Crippen molar-refractivity contribution in [2.75, 3.05) is 7.11 Å². The van der Waals surface area contributed by atoms with Crippen LogP contribution in [-0.2, 0) is 41.1 Å². The molecule has 12 nitrogen and oxygen atoms in total. The van der Waals surface area contributed by atoms with Gasteiger partial charge in [0.05, 0.1) is 38.0 Å². The molecule has 0 aliphatic carbocycles. The molecule has 0 saturated carbocycles. The van der Waals surface area contributed by atoms with Crippen molar-refractivity contribution in [2.45, 2.75) is 44.1 Å². The minimum absolute atomic E-state index is 0.716. The number of aliphatic carboxylic acids is 3. The number of carbonyl (C=O) groups is 4. The van der Waals surface area contributed by atoms with E-state index >= 15 is 0 Å². The number of aliphatic hydroxyl groups is 1. The summed E-state index contributed by atoms with van der Waals surface area (Å²) in [6.07, 6.45) is -6.92. The van der Waals surface area contributed by atoms with Crippen molar-refractivity contribution in [1.82, 2.24) is 0 Å². The van der Waals surface area contributed by atoms with Gasteiger partial charge in [0.1, 0.15) is 0 Å². The van der Waals surface area contributed by atoms with Gasteiger partial charge < -0.3 is 39.7 Å². The minimum atomic E-state index is -2.19. The number of methoxy groups -OCH3 is 1. The summed E-state index contributed by atoms with van der Waals surface area (Å²) >= 11 is 5.04. The molecule has 5 N–H and O–H groups in total. The van der Waals surface area contributed by atoms with Crippen molar-refractivity contribution in [3.8, 4) is 11.5 Å². The maximum absolute atomic E-state index is 14.5. The molecular weight excluding hydrogens is 704 g/mol. The maximum Gasteiger partial charge on any atom is 0.335 e. The maximum atomic E-state index is 14.5. The van der Waals surface area contributed by atoms with E-state index in [0.29, 0.717) is 0 Å². The van der Waals surface area contributed by atoms with Gasteiger partial charge in [0, 0.05) is 23.8 Å². The van der Waals surface area contributed by atoms with Gasteiger partial charge in [0.2, 0.25) is 29.6 Å². The van der Waals surface area contributed by atoms with Crippen LogP contribution in [-0.4, -0.2) is 68.9 Å². The molecule has 1 aliphatic rings. The van der Waals surface area contributed by atoms with E-state index in [1.165, 1.54) is 0 Å². The number of hydrogen-bond acceptors (Lipinski definition) is 9. The molecule has 1 heterocycles. The topological polar surface area (TPSA) is 197 Å². The number of alkyl halides is 1. The molecule has 0 unspecified atom stereocenters. The summed E-state index contributed by atoms with van der Waals surface area (Å²) in [5, 5.41) is 45.3. The highest BCUT2D eigenvalue weighted by atomic mass is 35.5. The smallest absolute Gasteiger partial charge is 0.335 e. The molecule has 0 bridgehead atoms. The summed E-state index contributed by atoms with van der Waals surface area (Å²) in [4.78, 5) is 46.6. The Hall–Kier alpha value is -4.43. The van der Waals surface area contributed by atoms with Gasteiger partial charge in [-0.3, -0.25) is 14.4 Å². The molecule has 21 heteroatoms. The molecule has 1 fully saturated rings. The first-order chi connectivity index (χ1) is 22.3. The average molecular weight is 727 g/mol. The number of benzene rings is 2. The fourth-order valence-corrected chi connectivity index (χ4v) is 5.00. The van der Waals surface area contributed by atoms with Gasteiger partial charge in [-0.15, -0.1) is 11.6 Å². The van der Waals surface area contributed by atoms with Gasteiger partial charge in [0.15, 0.2) is 40.9 Å². The SMILES string of the molecule is COC(=O)[C@H]1O[C@@H](Oc2c(F)c(F)c(CO)c(F)c2F)[C@H](CC(=O)O)[C@@H](CC(=O)O)[C@@H]1CC(=O)O.Oc1c(F)c(F)c(CCl)c(F)c1F. The van der Waals surface area contributed by atoms with Crippen LogP contribution in [0.4, 0.5) is 35.1 Å². The van der Waals surface area contributed by atoms with Crippen LogP contribution in [0.5, 0.6) is 11.5 Å². The second-order valence-electron chi connectivity index (χ2n) is 9.79. The molecule has 0 aromatic heterocycles. The zero-order valence-electron chi connectivity index (χ0n) is 23.9. The Morgan fingerprint density at radius 3 is 1.50 bits per heavy atom. The number of esters is 1. The van der Waals surface area contributed by atoms with Crippen molar-refractivity contribution in [2.24, 2.45) is 17.8 Å². The van der Waals surface area contributed by atoms with Gasteiger partial charge in [0.25, 0.3) is 0 Å².